The van der Waals surface area contributed by atoms with Crippen molar-refractivity contribution in [1.82, 2.24) is 24.9 Å². The number of hydrogen-bond acceptors (Lipinski definition) is 4. The summed E-state index contributed by atoms with van der Waals surface area (Å²) in [5.41, 5.74) is 11.4. The van der Waals surface area contributed by atoms with E-state index in [1.807, 2.05) is 54.6 Å². The Morgan fingerprint density at radius 2 is 0.655 bits per heavy atom. The van der Waals surface area contributed by atoms with E-state index in [1.54, 1.807) is 36.4 Å². The van der Waals surface area contributed by atoms with E-state index in [0.29, 0.717) is 0 Å². The summed E-state index contributed by atoms with van der Waals surface area (Å²) in [5, 5.41) is 31.8. The normalized spacial score (nSPS) is 12.8. The Labute approximate surface area is 316 Å². The van der Waals surface area contributed by atoms with Gasteiger partial charge < -0.3 is 35.3 Å². The van der Waals surface area contributed by atoms with Crippen LogP contribution in [-0.4, -0.2) is 40.2 Å². The summed E-state index contributed by atoms with van der Waals surface area (Å²) in [4.78, 5) is 20.1. The molecule has 8 heteroatoms. The number of H-pyrrole nitrogens is 4. The number of phenolic OH excluding ortho intramolecular Hbond substituents is 3. The molecular formula is C47H33N5O3+4. The largest absolute Gasteiger partial charge is 0.507 e. The number of hydrogen-bond donors (Lipinski definition) is 7. The van der Waals surface area contributed by atoms with Gasteiger partial charge in [-0.05, 0) is 12.1 Å². The topological polar surface area (TPSA) is 137 Å². The van der Waals surface area contributed by atoms with E-state index in [0.717, 1.165) is 103 Å². The van der Waals surface area contributed by atoms with Crippen LogP contribution in [0.3, 0.4) is 0 Å². The molecule has 0 radical (unpaired) electrons. The van der Waals surface area contributed by atoms with E-state index >= 15 is 0 Å². The van der Waals surface area contributed by atoms with Crippen LogP contribution >= 0.6 is 0 Å². The van der Waals surface area contributed by atoms with Gasteiger partial charge in [0.25, 0.3) is 0 Å². The van der Waals surface area contributed by atoms with Gasteiger partial charge in [0.05, 0.1) is 70.7 Å². The van der Waals surface area contributed by atoms with Crippen LogP contribution in [0.15, 0.2) is 158 Å². The molecule has 1 aliphatic heterocycles. The molecule has 0 unspecified atom stereocenters. The zero-order chi connectivity index (χ0) is 37.0. The fraction of sp³-hybridized carbons (Fsp3) is 0. The maximum atomic E-state index is 10.2. The zero-order valence-electron chi connectivity index (χ0n) is 29.3. The van der Waals surface area contributed by atoms with E-state index in [4.69, 9.17) is 4.98 Å². The summed E-state index contributed by atoms with van der Waals surface area (Å²) in [5.74, 6) is 4.20. The summed E-state index contributed by atoms with van der Waals surface area (Å²) in [6.45, 7) is 0. The minimum absolute atomic E-state index is 0.183. The van der Waals surface area contributed by atoms with Crippen molar-refractivity contribution in [3.63, 3.8) is 0 Å². The lowest BCUT2D eigenvalue weighted by Gasteiger charge is -2.13. The molecular weight excluding hydrogens is 683 g/mol. The molecule has 9 aromatic rings. The van der Waals surface area contributed by atoms with E-state index in [9.17, 15) is 15.3 Å². The average molecular weight is 716 g/mol. The molecule has 55 heavy (non-hydrogen) atoms. The number of fused-ring (bicyclic) bond motifs is 9. The standard InChI is InChI=1S/C47H30N5O3/c53-31-12-5-28(6-13-31)44-35-19-21-37(49-35)45(29-7-14-32(54)15-8-29)39-23-25-42(51-39)47(41-18-11-27-3-1-2-4-34(27)48-41)43-26-24-40(52-43)46(38-22-20-36(44)50-38)30-9-16-33(55)17-10-30/h1-26,49-52H/q+1/p+3. The number of aromatic hydroxyl groups is 3. The third-order valence-corrected chi connectivity index (χ3v) is 10.2. The number of phenols is 3. The molecule has 1 aliphatic rings. The third kappa shape index (κ3) is 5.69. The molecule has 0 spiro atoms. The Kier molecular flexibility index (Phi) is 7.41. The van der Waals surface area contributed by atoms with Gasteiger partial charge in [0.15, 0.2) is 5.69 Å². The van der Waals surface area contributed by atoms with Crippen molar-refractivity contribution >= 4 is 10.9 Å². The molecule has 0 aliphatic carbocycles. The van der Waals surface area contributed by atoms with Crippen LogP contribution in [0.2, 0.25) is 0 Å². The molecule has 0 saturated heterocycles. The van der Waals surface area contributed by atoms with Crippen LogP contribution in [0.25, 0.3) is 10.9 Å². The Hall–Kier alpha value is -7.71. The first-order chi connectivity index (χ1) is 26.9. The number of nitrogens with one attached hydrogen (secondary N) is 4. The second-order valence-electron chi connectivity index (χ2n) is 13.7. The van der Waals surface area contributed by atoms with Crippen molar-refractivity contribution in [2.75, 3.05) is 0 Å². The minimum Gasteiger partial charge on any atom is -0.507 e. The SMILES string of the molecule is Oc1ccc([C+]2c3ccc([nH]3)[C+](c3ccc(O)cc3)c3ccc([nH]3)[C+](c3ccc4ccccc4n3)c3ccc([nH]3)[C+](c3ccc(O)cc3)c3ccc2[nH]3)cc1. The van der Waals surface area contributed by atoms with Crippen LogP contribution in [0.1, 0.15) is 67.9 Å². The zero-order valence-corrected chi connectivity index (χ0v) is 29.3. The molecule has 5 aromatic heterocycles. The predicted molar refractivity (Wildman–Crippen MR) is 211 cm³/mol. The number of pyridine rings is 1. The molecule has 6 heterocycles. The summed E-state index contributed by atoms with van der Waals surface area (Å²) < 4.78 is 0. The van der Waals surface area contributed by atoms with Gasteiger partial charge >= 0.3 is 0 Å². The van der Waals surface area contributed by atoms with Crippen molar-refractivity contribution < 1.29 is 15.3 Å². The highest BCUT2D eigenvalue weighted by Crippen LogP contribution is 2.40. The number of para-hydroxylation sites is 1. The second kappa shape index (κ2) is 12.8. The monoisotopic (exact) mass is 715 g/mol. The van der Waals surface area contributed by atoms with E-state index in [1.165, 1.54) is 0 Å². The van der Waals surface area contributed by atoms with Gasteiger partial charge in [0.2, 0.25) is 0 Å². The minimum atomic E-state index is 0.183. The average Bonchev–Trinajstić information content (AvgIpc) is 4.05. The Morgan fingerprint density at radius 1 is 0.327 bits per heavy atom. The van der Waals surface area contributed by atoms with Gasteiger partial charge in [-0.15, -0.1) is 0 Å². The Morgan fingerprint density at radius 3 is 1.02 bits per heavy atom. The fourth-order valence-corrected chi connectivity index (χ4v) is 7.63. The van der Waals surface area contributed by atoms with Crippen molar-refractivity contribution in [1.29, 1.82) is 0 Å². The molecule has 10 rings (SSSR count). The molecule has 0 fully saturated rings. The summed E-state index contributed by atoms with van der Waals surface area (Å²) in [6, 6.07) is 50.5. The van der Waals surface area contributed by atoms with Gasteiger partial charge in [0, 0.05) is 84.2 Å². The molecule has 8 bridgehead atoms. The van der Waals surface area contributed by atoms with Gasteiger partial charge in [-0.3, -0.25) is 0 Å². The van der Waals surface area contributed by atoms with E-state index < -0.39 is 0 Å². The van der Waals surface area contributed by atoms with Gasteiger partial charge in [-0.1, -0.05) is 18.2 Å². The van der Waals surface area contributed by atoms with Gasteiger partial charge in [-0.25, -0.2) is 4.98 Å². The highest BCUT2D eigenvalue weighted by molar-refractivity contribution is 5.79. The first kappa shape index (κ1) is 32.0. The molecule has 260 valence electrons. The van der Waals surface area contributed by atoms with Crippen LogP contribution < -0.4 is 0 Å². The van der Waals surface area contributed by atoms with Crippen molar-refractivity contribution in [2.24, 2.45) is 0 Å². The van der Waals surface area contributed by atoms with E-state index in [2.05, 4.69) is 86.7 Å². The van der Waals surface area contributed by atoms with Crippen molar-refractivity contribution in [3.05, 3.63) is 249 Å². The lowest BCUT2D eigenvalue weighted by molar-refractivity contribution is 0.474. The summed E-state index contributed by atoms with van der Waals surface area (Å²) in [6.07, 6.45) is 0. The Balaban J connectivity index is 1.22. The van der Waals surface area contributed by atoms with Crippen LogP contribution in [-0.2, 0) is 0 Å². The quantitative estimate of drug-likeness (QED) is 0.0915. The fourth-order valence-electron chi connectivity index (χ4n) is 7.63. The predicted octanol–water partition coefficient (Wildman–Crippen LogP) is 9.05. The third-order valence-electron chi connectivity index (χ3n) is 10.2. The second-order valence-corrected chi connectivity index (χ2v) is 13.7. The number of nitrogens with zero attached hydrogens (tertiary/aromatic N) is 1. The molecule has 0 amide bonds. The molecule has 0 saturated carbocycles. The highest BCUT2D eigenvalue weighted by atomic mass is 16.3. The molecule has 7 N–H and O–H groups in total. The maximum Gasteiger partial charge on any atom is 0.157 e. The van der Waals surface area contributed by atoms with Crippen LogP contribution in [0.5, 0.6) is 17.2 Å². The number of aromatic amines is 4. The molecule has 0 atom stereocenters. The summed E-state index contributed by atoms with van der Waals surface area (Å²) >= 11 is 0. The first-order valence-electron chi connectivity index (χ1n) is 18.0. The van der Waals surface area contributed by atoms with Gasteiger partial charge in [-0.2, -0.15) is 0 Å². The van der Waals surface area contributed by atoms with Crippen molar-refractivity contribution in [2.45, 2.75) is 0 Å². The lowest BCUT2D eigenvalue weighted by atomic mass is 9.92. The smallest absolute Gasteiger partial charge is 0.157 e. The highest BCUT2D eigenvalue weighted by Gasteiger charge is 2.38. The number of aromatic nitrogens is 5. The number of benzene rings is 4. The van der Waals surface area contributed by atoms with Crippen molar-refractivity contribution in [3.8, 4) is 17.2 Å². The maximum absolute atomic E-state index is 10.2. The van der Waals surface area contributed by atoms with Crippen LogP contribution in [0.4, 0.5) is 0 Å². The number of rotatable bonds is 4. The Bertz CT molecular complexity index is 2640. The molecule has 8 nitrogen and oxygen atoms in total. The summed E-state index contributed by atoms with van der Waals surface area (Å²) in [7, 11) is 0. The van der Waals surface area contributed by atoms with Crippen LogP contribution in [0, 0.1) is 23.7 Å². The van der Waals surface area contributed by atoms with Gasteiger partial charge in [0.1, 0.15) is 86.5 Å². The van der Waals surface area contributed by atoms with E-state index in [-0.39, 0.29) is 17.2 Å². The molecule has 4 aromatic carbocycles. The lowest BCUT2D eigenvalue weighted by Crippen LogP contribution is -2.12. The first-order valence-corrected chi connectivity index (χ1v) is 18.0.